The third kappa shape index (κ3) is 9.23. The van der Waals surface area contributed by atoms with E-state index in [1.54, 1.807) is 0 Å². The lowest BCUT2D eigenvalue weighted by molar-refractivity contribution is -0.149. The summed E-state index contributed by atoms with van der Waals surface area (Å²) in [7, 11) is 0. The number of hydrogen-bond donors (Lipinski definition) is 1. The minimum Gasteiger partial charge on any atom is -0.465 e. The van der Waals surface area contributed by atoms with Gasteiger partial charge in [-0.25, -0.2) is 0 Å². The van der Waals surface area contributed by atoms with Crippen molar-refractivity contribution in [3.05, 3.63) is 23.3 Å². The first-order chi connectivity index (χ1) is 12.3. The molecule has 0 aromatic heterocycles. The van der Waals surface area contributed by atoms with Crippen molar-refractivity contribution in [1.82, 2.24) is 0 Å². The smallest absolute Gasteiger partial charge is 0.308 e. The van der Waals surface area contributed by atoms with Crippen LogP contribution in [0.1, 0.15) is 69.2 Å². The molecule has 0 bridgehead atoms. The van der Waals surface area contributed by atoms with Gasteiger partial charge in [0, 0.05) is 18.4 Å². The zero-order valence-electron chi connectivity index (χ0n) is 21.2. The fourth-order valence-corrected chi connectivity index (χ4v) is 4.06. The summed E-state index contributed by atoms with van der Waals surface area (Å²) in [5.41, 5.74) is 3.28. The molecule has 0 amide bonds. The van der Waals surface area contributed by atoms with Crippen molar-refractivity contribution in [1.29, 1.82) is 0 Å². The molecule has 0 aromatic carbocycles. The second-order valence-electron chi connectivity index (χ2n) is 10.1. The maximum Gasteiger partial charge on any atom is 0.308 e. The van der Waals surface area contributed by atoms with Crippen molar-refractivity contribution in [3.63, 3.8) is 0 Å². The molecule has 2 rings (SSSR count). The maximum atomic E-state index is 11.4. The van der Waals surface area contributed by atoms with Crippen LogP contribution in [0, 0.1) is 40.4 Å². The summed E-state index contributed by atoms with van der Waals surface area (Å²) in [4.78, 5) is 11.4. The second-order valence-corrected chi connectivity index (χ2v) is 10.1. The number of rotatable bonds is 4. The average Bonchev–Trinajstić information content (AvgIpc) is 2.91. The molecule has 4 atom stereocenters. The van der Waals surface area contributed by atoms with Crippen LogP contribution in [0.3, 0.4) is 0 Å². The van der Waals surface area contributed by atoms with Gasteiger partial charge in [-0.3, -0.25) is 4.79 Å². The van der Waals surface area contributed by atoms with Gasteiger partial charge < -0.3 is 9.84 Å². The molecule has 0 heterocycles. The second kappa shape index (κ2) is 15.3. The summed E-state index contributed by atoms with van der Waals surface area (Å²) in [6.45, 7) is 22.3. The Kier molecular flexibility index (Phi) is 19.0. The highest BCUT2D eigenvalue weighted by molar-refractivity contribution is 7.59. The first-order valence-electron chi connectivity index (χ1n) is 10.4. The molecule has 0 saturated heterocycles. The van der Waals surface area contributed by atoms with Crippen LogP contribution in [-0.2, 0) is 9.53 Å². The molecular weight excluding hydrogens is 465 g/mol. The zero-order chi connectivity index (χ0) is 21.2. The Balaban J connectivity index is -0.000000218. The third-order valence-electron chi connectivity index (χ3n) is 7.51. The summed E-state index contributed by atoms with van der Waals surface area (Å²) in [6.07, 6.45) is 4.48. The third-order valence-corrected chi connectivity index (χ3v) is 7.51. The molecule has 1 N–H and O–H groups in total. The molecule has 0 spiro atoms. The Hall–Kier alpha value is 0.310. The molecule has 0 radical (unpaired) electrons. The van der Waals surface area contributed by atoms with Crippen molar-refractivity contribution in [3.8, 4) is 0 Å². The first kappa shape index (κ1) is 38.6. The molecular formula is C24H50O3S4. The van der Waals surface area contributed by atoms with Crippen molar-refractivity contribution >= 4 is 60.0 Å². The Morgan fingerprint density at radius 1 is 0.903 bits per heavy atom. The van der Waals surface area contributed by atoms with E-state index in [2.05, 4.69) is 67.5 Å². The number of hydrogen-bond acceptors (Lipinski definition) is 3. The molecule has 0 aliphatic heterocycles. The Bertz CT molecular complexity index is 598. The van der Waals surface area contributed by atoms with Crippen LogP contribution in [-0.4, -0.2) is 24.3 Å². The molecule has 2 aliphatic carbocycles. The van der Waals surface area contributed by atoms with E-state index < -0.39 is 0 Å². The van der Waals surface area contributed by atoms with E-state index in [0.29, 0.717) is 30.3 Å². The van der Waals surface area contributed by atoms with Crippen LogP contribution in [0.15, 0.2) is 23.3 Å². The van der Waals surface area contributed by atoms with Crippen LogP contribution in [0.2, 0.25) is 0 Å². The fourth-order valence-electron chi connectivity index (χ4n) is 4.06. The van der Waals surface area contributed by atoms with Crippen molar-refractivity contribution in [2.24, 2.45) is 40.4 Å². The number of carbonyl (C=O) groups is 1. The highest BCUT2D eigenvalue weighted by atomic mass is 32.1. The highest BCUT2D eigenvalue weighted by Crippen LogP contribution is 2.46. The molecule has 0 saturated carbocycles. The van der Waals surface area contributed by atoms with Crippen LogP contribution in [0.5, 0.6) is 0 Å². The predicted octanol–water partition coefficient (Wildman–Crippen LogP) is 6.09. The minimum absolute atomic E-state index is 0. The monoisotopic (exact) mass is 514 g/mol. The zero-order valence-corrected chi connectivity index (χ0v) is 25.2. The average molecular weight is 515 g/mol. The van der Waals surface area contributed by atoms with Gasteiger partial charge in [-0.05, 0) is 36.5 Å². The summed E-state index contributed by atoms with van der Waals surface area (Å²) in [5.74, 6) is 1.76. The Morgan fingerprint density at radius 2 is 1.26 bits per heavy atom. The Labute approximate surface area is 220 Å². The predicted molar refractivity (Wildman–Crippen MR) is 155 cm³/mol. The molecule has 0 aromatic rings. The van der Waals surface area contributed by atoms with Gasteiger partial charge in [0.2, 0.25) is 0 Å². The van der Waals surface area contributed by atoms with E-state index >= 15 is 0 Å². The molecule has 0 unspecified atom stereocenters. The summed E-state index contributed by atoms with van der Waals surface area (Å²) >= 11 is 0. The number of aliphatic hydroxyl groups excluding tert-OH is 1. The van der Waals surface area contributed by atoms with Gasteiger partial charge in [0.15, 0.2) is 0 Å². The minimum atomic E-state index is -0.0959. The van der Waals surface area contributed by atoms with E-state index in [4.69, 9.17) is 9.84 Å². The number of carbonyl (C=O) groups excluding carboxylic acids is 1. The van der Waals surface area contributed by atoms with Gasteiger partial charge in [-0.2, -0.15) is 54.0 Å². The number of aliphatic hydroxyl groups is 1. The SMILES string of the molecule is CC1=C[C@H](CO)C(C)(C)[C@H]1C.CC1=C[C@H](COC(=O)C(C)C)C(C)(C)[C@H]1C.S.S.S.S. The number of esters is 1. The highest BCUT2D eigenvalue weighted by Gasteiger charge is 2.40. The molecule has 0 fully saturated rings. The maximum absolute atomic E-state index is 11.4. The van der Waals surface area contributed by atoms with Crippen molar-refractivity contribution in [2.45, 2.75) is 69.2 Å². The van der Waals surface area contributed by atoms with E-state index in [0.717, 1.165) is 0 Å². The molecule has 188 valence electrons. The largest absolute Gasteiger partial charge is 0.465 e. The van der Waals surface area contributed by atoms with Crippen molar-refractivity contribution < 1.29 is 14.6 Å². The van der Waals surface area contributed by atoms with Crippen molar-refractivity contribution in [2.75, 3.05) is 13.2 Å². The molecule has 2 aliphatic rings. The van der Waals surface area contributed by atoms with Crippen LogP contribution in [0.4, 0.5) is 0 Å². The van der Waals surface area contributed by atoms with Crippen LogP contribution < -0.4 is 0 Å². The van der Waals surface area contributed by atoms with Gasteiger partial charge in [0.05, 0.1) is 12.5 Å². The van der Waals surface area contributed by atoms with Gasteiger partial charge in [0.25, 0.3) is 0 Å². The lowest BCUT2D eigenvalue weighted by Crippen LogP contribution is -2.29. The molecule has 31 heavy (non-hydrogen) atoms. The van der Waals surface area contributed by atoms with Crippen LogP contribution >= 0.6 is 54.0 Å². The molecule has 7 heteroatoms. The summed E-state index contributed by atoms with van der Waals surface area (Å²) in [5, 5.41) is 9.09. The van der Waals surface area contributed by atoms with E-state index in [-0.39, 0.29) is 83.3 Å². The molecule has 3 nitrogen and oxygen atoms in total. The lowest BCUT2D eigenvalue weighted by atomic mass is 9.74. The standard InChI is InChI=1S/C14H24O2.C10H18O.4H2S/c1-9(2)13(15)16-8-12-7-10(3)11(4)14(12,5)6;1-7-5-9(6-11)10(3,4)8(7)2;;;;/h7,9,11-12H,8H2,1-6H3;5,8-9,11H,6H2,1-4H3;4*1H2/t11-,12+;8-,9+;;;;/m00..../s1. The van der Waals surface area contributed by atoms with Gasteiger partial charge in [-0.15, -0.1) is 0 Å². The number of allylic oxidation sites excluding steroid dienone is 2. The number of ether oxygens (including phenoxy) is 1. The lowest BCUT2D eigenvalue weighted by Gasteiger charge is -2.32. The van der Waals surface area contributed by atoms with Gasteiger partial charge >= 0.3 is 5.97 Å². The fraction of sp³-hybridized carbons (Fsp3) is 0.792. The van der Waals surface area contributed by atoms with E-state index in [9.17, 15) is 4.79 Å². The quantitative estimate of drug-likeness (QED) is 0.365. The first-order valence-corrected chi connectivity index (χ1v) is 10.4. The normalized spacial score (nSPS) is 27.1. The Morgan fingerprint density at radius 3 is 1.48 bits per heavy atom. The van der Waals surface area contributed by atoms with Gasteiger partial charge in [-0.1, -0.05) is 78.7 Å². The van der Waals surface area contributed by atoms with E-state index in [1.807, 2.05) is 13.8 Å². The van der Waals surface area contributed by atoms with Gasteiger partial charge in [0.1, 0.15) is 0 Å². The van der Waals surface area contributed by atoms with Crippen LogP contribution in [0.25, 0.3) is 0 Å². The topological polar surface area (TPSA) is 46.5 Å². The summed E-state index contributed by atoms with van der Waals surface area (Å²) < 4.78 is 5.34. The van der Waals surface area contributed by atoms with E-state index in [1.165, 1.54) is 11.1 Å². The summed E-state index contributed by atoms with van der Waals surface area (Å²) in [6, 6.07) is 0.